The van der Waals surface area contributed by atoms with Crippen LogP contribution in [0.25, 0.3) is 0 Å². The minimum absolute atomic E-state index is 0.0969. The fourth-order valence-corrected chi connectivity index (χ4v) is 3.59. The second kappa shape index (κ2) is 5.76. The van der Waals surface area contributed by atoms with Crippen LogP contribution in [0.1, 0.15) is 42.5 Å². The van der Waals surface area contributed by atoms with E-state index < -0.39 is 29.7 Å². The SMILES string of the molecule is CN1C(=O)N(CC(=O)c2ccccc2F)C(=O)C12CCCCC2. The van der Waals surface area contributed by atoms with Gasteiger partial charge in [0.1, 0.15) is 11.4 Å². The molecule has 1 aromatic carbocycles. The maximum atomic E-state index is 13.7. The molecule has 0 unspecified atom stereocenters. The van der Waals surface area contributed by atoms with E-state index in [9.17, 15) is 18.8 Å². The van der Waals surface area contributed by atoms with Crippen molar-refractivity contribution in [3.8, 4) is 0 Å². The molecular weight excluding hydrogens is 299 g/mol. The lowest BCUT2D eigenvalue weighted by molar-refractivity contribution is -0.134. The lowest BCUT2D eigenvalue weighted by Crippen LogP contribution is -2.49. The van der Waals surface area contributed by atoms with Gasteiger partial charge < -0.3 is 4.90 Å². The molecule has 122 valence electrons. The molecule has 3 amide bonds. The van der Waals surface area contributed by atoms with E-state index in [0.717, 1.165) is 24.2 Å². The van der Waals surface area contributed by atoms with Crippen LogP contribution in [0.15, 0.2) is 24.3 Å². The van der Waals surface area contributed by atoms with Gasteiger partial charge in [0, 0.05) is 7.05 Å². The van der Waals surface area contributed by atoms with Crippen LogP contribution in [0.5, 0.6) is 0 Å². The molecule has 0 radical (unpaired) electrons. The Labute approximate surface area is 134 Å². The lowest BCUT2D eigenvalue weighted by atomic mass is 9.80. The zero-order valence-electron chi connectivity index (χ0n) is 13.0. The molecule has 0 bridgehead atoms. The summed E-state index contributed by atoms with van der Waals surface area (Å²) in [5, 5.41) is 0. The Morgan fingerprint density at radius 2 is 1.83 bits per heavy atom. The number of hydrogen-bond donors (Lipinski definition) is 0. The number of halogens is 1. The monoisotopic (exact) mass is 318 g/mol. The second-order valence-electron chi connectivity index (χ2n) is 6.23. The van der Waals surface area contributed by atoms with Gasteiger partial charge in [0.25, 0.3) is 5.91 Å². The van der Waals surface area contributed by atoms with Crippen LogP contribution in [0.4, 0.5) is 9.18 Å². The molecule has 23 heavy (non-hydrogen) atoms. The van der Waals surface area contributed by atoms with Gasteiger partial charge in [0.05, 0.1) is 12.1 Å². The smallest absolute Gasteiger partial charge is 0.313 e. The maximum Gasteiger partial charge on any atom is 0.327 e. The topological polar surface area (TPSA) is 57.7 Å². The van der Waals surface area contributed by atoms with E-state index in [1.165, 1.54) is 23.1 Å². The third-order valence-corrected chi connectivity index (χ3v) is 4.96. The average molecular weight is 318 g/mol. The van der Waals surface area contributed by atoms with Gasteiger partial charge in [-0.2, -0.15) is 0 Å². The predicted molar refractivity (Wildman–Crippen MR) is 81.4 cm³/mol. The number of likely N-dealkylation sites (N-methyl/N-ethyl adjacent to an activating group) is 1. The number of amides is 3. The first kappa shape index (κ1) is 15.6. The average Bonchev–Trinajstić information content (AvgIpc) is 2.72. The summed E-state index contributed by atoms with van der Waals surface area (Å²) in [5.74, 6) is -1.53. The van der Waals surface area contributed by atoms with Crippen LogP contribution >= 0.6 is 0 Å². The number of rotatable bonds is 3. The van der Waals surface area contributed by atoms with Crippen LogP contribution in [0, 0.1) is 5.82 Å². The summed E-state index contributed by atoms with van der Waals surface area (Å²) in [5.41, 5.74) is -0.912. The molecule has 1 heterocycles. The third-order valence-electron chi connectivity index (χ3n) is 4.96. The molecule has 6 heteroatoms. The summed E-state index contributed by atoms with van der Waals surface area (Å²) in [6.07, 6.45) is 4.07. The second-order valence-corrected chi connectivity index (χ2v) is 6.23. The van der Waals surface area contributed by atoms with Crippen LogP contribution in [-0.2, 0) is 4.79 Å². The molecule has 5 nitrogen and oxygen atoms in total. The standard InChI is InChI=1S/C17H19FN2O3/c1-19-16(23)20(15(22)17(19)9-5-2-6-10-17)11-14(21)12-7-3-4-8-13(12)18/h3-4,7-8H,2,5-6,9-11H2,1H3. The fourth-order valence-electron chi connectivity index (χ4n) is 3.59. The van der Waals surface area contributed by atoms with Crippen molar-refractivity contribution < 1.29 is 18.8 Å². The molecule has 1 aromatic rings. The van der Waals surface area contributed by atoms with Crippen molar-refractivity contribution >= 4 is 17.7 Å². The number of hydrogen-bond acceptors (Lipinski definition) is 3. The first-order valence-electron chi connectivity index (χ1n) is 7.85. The summed E-state index contributed by atoms with van der Waals surface area (Å²) in [6, 6.07) is 5.13. The third kappa shape index (κ3) is 2.42. The van der Waals surface area contributed by atoms with Crippen molar-refractivity contribution in [1.82, 2.24) is 9.80 Å². The number of ketones is 1. The highest BCUT2D eigenvalue weighted by atomic mass is 19.1. The van der Waals surface area contributed by atoms with Gasteiger partial charge in [-0.25, -0.2) is 9.18 Å². The van der Waals surface area contributed by atoms with Crippen molar-refractivity contribution in [2.24, 2.45) is 0 Å². The van der Waals surface area contributed by atoms with E-state index in [1.807, 2.05) is 0 Å². The van der Waals surface area contributed by atoms with Crippen molar-refractivity contribution in [1.29, 1.82) is 0 Å². The van der Waals surface area contributed by atoms with Gasteiger partial charge in [-0.15, -0.1) is 0 Å². The van der Waals surface area contributed by atoms with Crippen molar-refractivity contribution in [2.45, 2.75) is 37.6 Å². The summed E-state index contributed by atoms with van der Waals surface area (Å²) >= 11 is 0. The number of carbonyl (C=O) groups is 3. The molecule has 1 spiro atoms. The molecule has 3 rings (SSSR count). The Morgan fingerprint density at radius 1 is 1.17 bits per heavy atom. The highest BCUT2D eigenvalue weighted by Crippen LogP contribution is 2.39. The van der Waals surface area contributed by atoms with E-state index in [-0.39, 0.29) is 11.5 Å². The Bertz CT molecular complexity index is 668. The van der Waals surface area contributed by atoms with E-state index in [2.05, 4.69) is 0 Å². The van der Waals surface area contributed by atoms with Crippen LogP contribution < -0.4 is 0 Å². The molecular formula is C17H19FN2O3. The Balaban J connectivity index is 1.83. The van der Waals surface area contributed by atoms with Crippen LogP contribution in [0.3, 0.4) is 0 Å². The Kier molecular flexibility index (Phi) is 3.92. The van der Waals surface area contributed by atoms with Crippen LogP contribution in [-0.4, -0.2) is 46.7 Å². The number of imide groups is 1. The molecule has 1 aliphatic carbocycles. The quantitative estimate of drug-likeness (QED) is 0.636. The van der Waals surface area contributed by atoms with Crippen molar-refractivity contribution in [3.63, 3.8) is 0 Å². The van der Waals surface area contributed by atoms with E-state index >= 15 is 0 Å². The minimum atomic E-state index is -0.815. The fraction of sp³-hybridized carbons (Fsp3) is 0.471. The normalized spacial score (nSPS) is 20.4. The van der Waals surface area contributed by atoms with Crippen LogP contribution in [0.2, 0.25) is 0 Å². The Morgan fingerprint density at radius 3 is 2.48 bits per heavy atom. The van der Waals surface area contributed by atoms with E-state index in [4.69, 9.17) is 0 Å². The molecule has 1 aliphatic heterocycles. The first-order valence-corrected chi connectivity index (χ1v) is 7.85. The molecule has 2 aliphatic rings. The zero-order chi connectivity index (χ0) is 16.6. The van der Waals surface area contributed by atoms with Gasteiger partial charge in [0.2, 0.25) is 0 Å². The predicted octanol–water partition coefficient (Wildman–Crippen LogP) is 2.61. The number of carbonyl (C=O) groups excluding carboxylic acids is 3. The molecule has 2 fully saturated rings. The Hall–Kier alpha value is -2.24. The summed E-state index contributed by atoms with van der Waals surface area (Å²) in [4.78, 5) is 39.9. The van der Waals surface area contributed by atoms with E-state index in [0.29, 0.717) is 12.8 Å². The number of Topliss-reactive ketones (excluding diaryl/α,β-unsaturated/α-hetero) is 1. The highest BCUT2D eigenvalue weighted by molar-refractivity contribution is 6.11. The number of nitrogens with zero attached hydrogens (tertiary/aromatic N) is 2. The first-order chi connectivity index (χ1) is 11.0. The van der Waals surface area contributed by atoms with Gasteiger partial charge in [0.15, 0.2) is 5.78 Å². The maximum absolute atomic E-state index is 13.7. The molecule has 0 N–H and O–H groups in total. The molecule has 1 saturated carbocycles. The summed E-state index contributed by atoms with van der Waals surface area (Å²) < 4.78 is 13.7. The van der Waals surface area contributed by atoms with E-state index in [1.54, 1.807) is 13.1 Å². The number of urea groups is 1. The van der Waals surface area contributed by atoms with Gasteiger partial charge in [-0.1, -0.05) is 31.4 Å². The molecule has 1 saturated heterocycles. The van der Waals surface area contributed by atoms with Gasteiger partial charge in [-0.3, -0.25) is 14.5 Å². The minimum Gasteiger partial charge on any atom is -0.313 e. The molecule has 0 atom stereocenters. The van der Waals surface area contributed by atoms with Gasteiger partial charge >= 0.3 is 6.03 Å². The highest BCUT2D eigenvalue weighted by Gasteiger charge is 2.55. The van der Waals surface area contributed by atoms with Crippen molar-refractivity contribution in [2.75, 3.05) is 13.6 Å². The van der Waals surface area contributed by atoms with Gasteiger partial charge in [-0.05, 0) is 25.0 Å². The lowest BCUT2D eigenvalue weighted by Gasteiger charge is -2.35. The largest absolute Gasteiger partial charge is 0.327 e. The number of benzene rings is 1. The zero-order valence-corrected chi connectivity index (χ0v) is 13.0. The van der Waals surface area contributed by atoms with Crippen molar-refractivity contribution in [3.05, 3.63) is 35.6 Å². The molecule has 0 aromatic heterocycles. The summed E-state index contributed by atoms with van der Waals surface area (Å²) in [7, 11) is 1.61. The summed E-state index contributed by atoms with van der Waals surface area (Å²) in [6.45, 7) is -0.412.